The minimum absolute atomic E-state index is 0.0939. The Morgan fingerprint density at radius 3 is 2.36 bits per heavy atom. The van der Waals surface area contributed by atoms with Crippen molar-refractivity contribution in [2.24, 2.45) is 5.92 Å². The van der Waals surface area contributed by atoms with E-state index in [1.165, 1.54) is 27.8 Å². The van der Waals surface area contributed by atoms with Gasteiger partial charge in [0.25, 0.3) is 0 Å². The molecular formula is C27H34N2O3S. The number of aryl methyl sites for hydroxylation is 4. The predicted octanol–water partition coefficient (Wildman–Crippen LogP) is 4.56. The zero-order valence-electron chi connectivity index (χ0n) is 19.7. The Morgan fingerprint density at radius 2 is 1.61 bits per heavy atom. The topological polar surface area (TPSA) is 57.7 Å². The Kier molecular flexibility index (Phi) is 6.08. The van der Waals surface area contributed by atoms with E-state index in [1.54, 1.807) is 10.4 Å². The number of hydrogen-bond acceptors (Lipinski definition) is 3. The molecule has 0 bridgehead atoms. The van der Waals surface area contributed by atoms with E-state index in [4.69, 9.17) is 0 Å². The first kappa shape index (κ1) is 22.6. The number of rotatable bonds is 4. The summed E-state index contributed by atoms with van der Waals surface area (Å²) in [5, 5.41) is 0. The highest BCUT2D eigenvalue weighted by molar-refractivity contribution is 7.89. The van der Waals surface area contributed by atoms with Gasteiger partial charge in [0, 0.05) is 25.6 Å². The second-order valence-corrected chi connectivity index (χ2v) is 11.9. The fraction of sp³-hybridized carbons (Fsp3) is 0.519. The van der Waals surface area contributed by atoms with Crippen LogP contribution < -0.4 is 0 Å². The van der Waals surface area contributed by atoms with Crippen molar-refractivity contribution in [1.82, 2.24) is 9.21 Å². The van der Waals surface area contributed by atoms with Gasteiger partial charge < -0.3 is 4.90 Å². The SMILES string of the molecule is Cc1ccc(C2CCCN2C(=O)C2CCN(S(=O)(=O)c3ccc4c(c3)CCC4)CC2)cc1C. The van der Waals surface area contributed by atoms with E-state index in [2.05, 4.69) is 36.9 Å². The van der Waals surface area contributed by atoms with Crippen LogP contribution in [0.4, 0.5) is 0 Å². The van der Waals surface area contributed by atoms with Crippen LogP contribution in [0.15, 0.2) is 41.3 Å². The Labute approximate surface area is 197 Å². The molecule has 5 rings (SSSR count). The quantitative estimate of drug-likeness (QED) is 0.664. The maximum Gasteiger partial charge on any atom is 0.243 e. The average molecular weight is 467 g/mol. The Morgan fingerprint density at radius 1 is 0.848 bits per heavy atom. The minimum Gasteiger partial charge on any atom is -0.335 e. The number of nitrogens with zero attached hydrogens (tertiary/aromatic N) is 2. The van der Waals surface area contributed by atoms with Crippen molar-refractivity contribution in [3.8, 4) is 0 Å². The van der Waals surface area contributed by atoms with E-state index >= 15 is 0 Å². The van der Waals surface area contributed by atoms with Crippen LogP contribution in [0, 0.1) is 19.8 Å². The van der Waals surface area contributed by atoms with Crippen molar-refractivity contribution in [3.05, 3.63) is 64.2 Å². The highest BCUT2D eigenvalue weighted by Crippen LogP contribution is 2.36. The monoisotopic (exact) mass is 466 g/mol. The summed E-state index contributed by atoms with van der Waals surface area (Å²) < 4.78 is 28.1. The molecule has 2 aliphatic heterocycles. The number of sulfonamides is 1. The Hall–Kier alpha value is -2.18. The lowest BCUT2D eigenvalue weighted by Crippen LogP contribution is -2.44. The van der Waals surface area contributed by atoms with Gasteiger partial charge >= 0.3 is 0 Å². The number of carbonyl (C=O) groups excluding carboxylic acids is 1. The lowest BCUT2D eigenvalue weighted by molar-refractivity contribution is -0.137. The van der Waals surface area contributed by atoms with E-state index in [-0.39, 0.29) is 17.9 Å². The fourth-order valence-electron chi connectivity index (χ4n) is 5.78. The van der Waals surface area contributed by atoms with Crippen LogP contribution in [0.25, 0.3) is 0 Å². The van der Waals surface area contributed by atoms with Gasteiger partial charge in [-0.05, 0) is 98.7 Å². The third-order valence-electron chi connectivity index (χ3n) is 7.96. The molecule has 1 aliphatic carbocycles. The zero-order chi connectivity index (χ0) is 23.2. The van der Waals surface area contributed by atoms with Crippen LogP contribution in [0.3, 0.4) is 0 Å². The van der Waals surface area contributed by atoms with Gasteiger partial charge in [0.2, 0.25) is 15.9 Å². The van der Waals surface area contributed by atoms with Crippen LogP contribution >= 0.6 is 0 Å². The van der Waals surface area contributed by atoms with Crippen LogP contribution in [-0.2, 0) is 27.7 Å². The molecular weight excluding hydrogens is 432 g/mol. The number of fused-ring (bicyclic) bond motifs is 1. The van der Waals surface area contributed by atoms with E-state index in [1.807, 2.05) is 12.1 Å². The molecule has 0 N–H and O–H groups in total. The third kappa shape index (κ3) is 4.24. The molecule has 6 heteroatoms. The standard InChI is InChI=1S/C27H34N2O3S/c1-19-8-9-24(17-20(19)2)26-7-4-14-29(26)27(30)22-12-15-28(16-13-22)33(31,32)25-11-10-21-5-3-6-23(21)18-25/h8-11,17-18,22,26H,3-7,12-16H2,1-2H3. The smallest absolute Gasteiger partial charge is 0.243 e. The molecule has 33 heavy (non-hydrogen) atoms. The second-order valence-electron chi connectivity index (χ2n) is 10.00. The van der Waals surface area contributed by atoms with E-state index in [0.717, 1.165) is 38.6 Å². The minimum atomic E-state index is -3.51. The lowest BCUT2D eigenvalue weighted by atomic mass is 9.94. The van der Waals surface area contributed by atoms with E-state index in [9.17, 15) is 13.2 Å². The molecule has 1 unspecified atom stereocenters. The first-order valence-electron chi connectivity index (χ1n) is 12.3. The highest BCUT2D eigenvalue weighted by Gasteiger charge is 2.38. The molecule has 1 amide bonds. The molecule has 2 aromatic rings. The average Bonchev–Trinajstić information content (AvgIpc) is 3.49. The van der Waals surface area contributed by atoms with Gasteiger partial charge in [0.15, 0.2) is 0 Å². The summed E-state index contributed by atoms with van der Waals surface area (Å²) in [5.74, 6) is 0.105. The summed E-state index contributed by atoms with van der Waals surface area (Å²) in [5.41, 5.74) is 6.21. The molecule has 0 radical (unpaired) electrons. The normalized spacial score (nSPS) is 22.0. The van der Waals surface area contributed by atoms with Crippen molar-refractivity contribution >= 4 is 15.9 Å². The lowest BCUT2D eigenvalue weighted by Gasteiger charge is -2.34. The van der Waals surface area contributed by atoms with E-state index in [0.29, 0.717) is 30.8 Å². The van der Waals surface area contributed by atoms with Gasteiger partial charge in [0.05, 0.1) is 10.9 Å². The molecule has 1 atom stereocenters. The molecule has 0 saturated carbocycles. The predicted molar refractivity (Wildman–Crippen MR) is 130 cm³/mol. The summed E-state index contributed by atoms with van der Waals surface area (Å²) in [6.07, 6.45) is 6.33. The molecule has 176 valence electrons. The molecule has 2 heterocycles. The van der Waals surface area contributed by atoms with Gasteiger partial charge in [-0.25, -0.2) is 8.42 Å². The maximum atomic E-state index is 13.4. The summed E-state index contributed by atoms with van der Waals surface area (Å²) in [7, 11) is -3.51. The van der Waals surface area contributed by atoms with Gasteiger partial charge in [-0.1, -0.05) is 24.3 Å². The third-order valence-corrected chi connectivity index (χ3v) is 9.86. The summed E-state index contributed by atoms with van der Waals surface area (Å²) in [6.45, 7) is 5.86. The molecule has 2 saturated heterocycles. The van der Waals surface area contributed by atoms with Gasteiger partial charge in [-0.3, -0.25) is 4.79 Å². The highest BCUT2D eigenvalue weighted by atomic mass is 32.2. The number of carbonyl (C=O) groups is 1. The molecule has 3 aliphatic rings. The van der Waals surface area contributed by atoms with Crippen LogP contribution in [0.5, 0.6) is 0 Å². The molecule has 5 nitrogen and oxygen atoms in total. The number of benzene rings is 2. The molecule has 2 aromatic carbocycles. The first-order valence-corrected chi connectivity index (χ1v) is 13.8. The summed E-state index contributed by atoms with van der Waals surface area (Å²) >= 11 is 0. The van der Waals surface area contributed by atoms with Crippen molar-refractivity contribution in [1.29, 1.82) is 0 Å². The van der Waals surface area contributed by atoms with Crippen molar-refractivity contribution in [3.63, 3.8) is 0 Å². The molecule has 0 aromatic heterocycles. The van der Waals surface area contributed by atoms with Crippen molar-refractivity contribution < 1.29 is 13.2 Å². The molecule has 0 spiro atoms. The van der Waals surface area contributed by atoms with Gasteiger partial charge in [-0.2, -0.15) is 4.31 Å². The maximum absolute atomic E-state index is 13.4. The van der Waals surface area contributed by atoms with Crippen LogP contribution in [0.2, 0.25) is 0 Å². The second kappa shape index (κ2) is 8.88. The number of amides is 1. The fourth-order valence-corrected chi connectivity index (χ4v) is 7.31. The number of hydrogen-bond donors (Lipinski definition) is 0. The molecule has 2 fully saturated rings. The number of piperidine rings is 1. The van der Waals surface area contributed by atoms with Crippen LogP contribution in [-0.4, -0.2) is 43.2 Å². The summed E-state index contributed by atoms with van der Waals surface area (Å²) in [4.78, 5) is 15.9. The Balaban J connectivity index is 1.26. The first-order chi connectivity index (χ1) is 15.8. The Bertz CT molecular complexity index is 1170. The van der Waals surface area contributed by atoms with Gasteiger partial charge in [0.1, 0.15) is 0 Å². The zero-order valence-corrected chi connectivity index (χ0v) is 20.5. The van der Waals surface area contributed by atoms with Crippen LogP contribution in [0.1, 0.15) is 66.0 Å². The van der Waals surface area contributed by atoms with E-state index < -0.39 is 10.0 Å². The van der Waals surface area contributed by atoms with Crippen molar-refractivity contribution in [2.45, 2.75) is 69.7 Å². The van der Waals surface area contributed by atoms with Crippen molar-refractivity contribution in [2.75, 3.05) is 19.6 Å². The number of likely N-dealkylation sites (tertiary alicyclic amines) is 1. The van der Waals surface area contributed by atoms with Gasteiger partial charge in [-0.15, -0.1) is 0 Å². The summed E-state index contributed by atoms with van der Waals surface area (Å²) in [6, 6.07) is 12.3. The largest absolute Gasteiger partial charge is 0.335 e.